The number of esters is 1. The van der Waals surface area contributed by atoms with Gasteiger partial charge in [0.2, 0.25) is 5.79 Å². The Bertz CT molecular complexity index is 687. The minimum Gasteiger partial charge on any atom is -0.433 e. The van der Waals surface area contributed by atoms with E-state index in [0.29, 0.717) is 30.6 Å². The minimum atomic E-state index is -1.32. The number of carbonyl (C=O) groups is 1. The second-order valence-electron chi connectivity index (χ2n) is 9.55. The lowest BCUT2D eigenvalue weighted by atomic mass is 9.48. The van der Waals surface area contributed by atoms with Crippen LogP contribution in [-0.4, -0.2) is 22.6 Å². The van der Waals surface area contributed by atoms with Crippen molar-refractivity contribution in [1.29, 1.82) is 0 Å². The molecule has 3 N–H and O–H groups in total. The van der Waals surface area contributed by atoms with E-state index in [9.17, 15) is 9.90 Å². The van der Waals surface area contributed by atoms with Gasteiger partial charge in [-0.05, 0) is 61.7 Å². The van der Waals surface area contributed by atoms with Crippen molar-refractivity contribution in [2.24, 2.45) is 39.5 Å². The van der Waals surface area contributed by atoms with Crippen molar-refractivity contribution < 1.29 is 14.6 Å². The van der Waals surface area contributed by atoms with Gasteiger partial charge >= 0.3 is 5.97 Å². The molecule has 0 aromatic carbocycles. The molecular formula is C21H32N2O3. The summed E-state index contributed by atoms with van der Waals surface area (Å²) in [6, 6.07) is 0. The van der Waals surface area contributed by atoms with Gasteiger partial charge in [0.15, 0.2) is 0 Å². The Kier molecular flexibility index (Phi) is 4.03. The van der Waals surface area contributed by atoms with Crippen LogP contribution in [0.15, 0.2) is 16.8 Å². The fourth-order valence-corrected chi connectivity index (χ4v) is 6.97. The molecule has 4 aliphatic rings. The molecule has 5 nitrogen and oxygen atoms in total. The fourth-order valence-electron chi connectivity index (χ4n) is 6.97. The van der Waals surface area contributed by atoms with Crippen LogP contribution in [0.3, 0.4) is 0 Å². The van der Waals surface area contributed by atoms with E-state index >= 15 is 0 Å². The van der Waals surface area contributed by atoms with Gasteiger partial charge in [-0.25, -0.2) is 0 Å². The van der Waals surface area contributed by atoms with Gasteiger partial charge in [-0.3, -0.25) is 4.79 Å². The summed E-state index contributed by atoms with van der Waals surface area (Å²) in [6.45, 7) is 6.11. The summed E-state index contributed by atoms with van der Waals surface area (Å²) >= 11 is 0. The molecule has 0 saturated heterocycles. The molecule has 0 heterocycles. The maximum absolute atomic E-state index is 11.4. The van der Waals surface area contributed by atoms with Crippen LogP contribution in [-0.2, 0) is 9.53 Å². The van der Waals surface area contributed by atoms with Crippen molar-refractivity contribution >= 4 is 11.7 Å². The van der Waals surface area contributed by atoms with Crippen LogP contribution < -0.4 is 5.84 Å². The van der Waals surface area contributed by atoms with Crippen molar-refractivity contribution in [3.8, 4) is 0 Å². The topological polar surface area (TPSA) is 84.9 Å². The molecule has 4 aliphatic carbocycles. The van der Waals surface area contributed by atoms with Crippen molar-refractivity contribution in [2.75, 3.05) is 0 Å². The third-order valence-corrected chi connectivity index (χ3v) is 8.36. The van der Waals surface area contributed by atoms with Crippen molar-refractivity contribution in [3.05, 3.63) is 11.6 Å². The second kappa shape index (κ2) is 5.82. The summed E-state index contributed by atoms with van der Waals surface area (Å²) in [4.78, 5) is 11.4. The van der Waals surface area contributed by atoms with Gasteiger partial charge in [0.05, 0.1) is 0 Å². The lowest BCUT2D eigenvalue weighted by Crippen LogP contribution is -2.53. The largest absolute Gasteiger partial charge is 0.433 e. The van der Waals surface area contributed by atoms with Gasteiger partial charge < -0.3 is 15.7 Å². The third kappa shape index (κ3) is 2.46. The van der Waals surface area contributed by atoms with Crippen LogP contribution in [0.25, 0.3) is 0 Å². The SMILES string of the molecule is CC(=O)O[C@]1(O)CC[C@@]2(C)C(=CC[C@@H]3[C@@H]2CC[C@]2(C)C(=NN)CC[C@@H]32)C1. The van der Waals surface area contributed by atoms with Gasteiger partial charge in [-0.2, -0.15) is 5.10 Å². The van der Waals surface area contributed by atoms with E-state index < -0.39 is 11.8 Å². The number of hydrazone groups is 1. The van der Waals surface area contributed by atoms with E-state index in [1.807, 2.05) is 0 Å². The average molecular weight is 360 g/mol. The summed E-state index contributed by atoms with van der Waals surface area (Å²) in [5.41, 5.74) is 2.79. The highest BCUT2D eigenvalue weighted by Gasteiger charge is 2.59. The zero-order valence-electron chi connectivity index (χ0n) is 16.3. The number of hydrogen-bond acceptors (Lipinski definition) is 5. The molecule has 4 rings (SSSR count). The number of ether oxygens (including phenoxy) is 1. The van der Waals surface area contributed by atoms with Crippen LogP contribution in [0.2, 0.25) is 0 Å². The molecule has 0 unspecified atom stereocenters. The van der Waals surface area contributed by atoms with E-state index in [2.05, 4.69) is 25.0 Å². The molecule has 144 valence electrons. The first-order valence-corrected chi connectivity index (χ1v) is 10.1. The van der Waals surface area contributed by atoms with Gasteiger partial charge in [-0.1, -0.05) is 25.5 Å². The lowest BCUT2D eigenvalue weighted by molar-refractivity contribution is -0.221. The molecule has 3 fully saturated rings. The number of nitrogens with zero attached hydrogens (tertiary/aromatic N) is 1. The Morgan fingerprint density at radius 3 is 2.65 bits per heavy atom. The average Bonchev–Trinajstić information content (AvgIpc) is 2.91. The molecule has 0 bridgehead atoms. The summed E-state index contributed by atoms with van der Waals surface area (Å²) in [6.07, 6.45) is 9.87. The van der Waals surface area contributed by atoms with E-state index in [4.69, 9.17) is 10.6 Å². The van der Waals surface area contributed by atoms with E-state index in [1.54, 1.807) is 0 Å². The Labute approximate surface area is 156 Å². The molecule has 0 aromatic heterocycles. The number of rotatable bonds is 1. The molecule has 0 spiro atoms. The van der Waals surface area contributed by atoms with Crippen molar-refractivity contribution in [3.63, 3.8) is 0 Å². The van der Waals surface area contributed by atoms with Crippen LogP contribution in [0.5, 0.6) is 0 Å². The van der Waals surface area contributed by atoms with Crippen molar-refractivity contribution in [1.82, 2.24) is 0 Å². The lowest BCUT2D eigenvalue weighted by Gasteiger charge is -2.58. The zero-order chi connectivity index (χ0) is 18.7. The standard InChI is InChI=1S/C21H32N2O3/c1-13(24)26-21(25)11-10-19(2)14(12-21)4-5-15-16-6-7-18(23-22)20(16,3)9-8-17(15)19/h4,15-17,25H,5-12,22H2,1-3H3/t15-,16-,17-,19-,20-,21+/m0/s1. The third-order valence-electron chi connectivity index (χ3n) is 8.36. The van der Waals surface area contributed by atoms with Gasteiger partial charge in [0.1, 0.15) is 0 Å². The Morgan fingerprint density at radius 1 is 1.23 bits per heavy atom. The van der Waals surface area contributed by atoms with Gasteiger partial charge in [0, 0.05) is 30.9 Å². The zero-order valence-corrected chi connectivity index (χ0v) is 16.3. The maximum atomic E-state index is 11.4. The van der Waals surface area contributed by atoms with Crippen molar-refractivity contribution in [2.45, 2.75) is 77.9 Å². The first-order chi connectivity index (χ1) is 12.2. The molecule has 3 saturated carbocycles. The van der Waals surface area contributed by atoms with Crippen LogP contribution >= 0.6 is 0 Å². The molecule has 0 aliphatic heterocycles. The second-order valence-corrected chi connectivity index (χ2v) is 9.55. The monoisotopic (exact) mass is 360 g/mol. The molecule has 0 amide bonds. The van der Waals surface area contributed by atoms with Crippen LogP contribution in [0.1, 0.15) is 72.1 Å². The molecule has 5 heteroatoms. The predicted molar refractivity (Wildman–Crippen MR) is 100 cm³/mol. The summed E-state index contributed by atoms with van der Waals surface area (Å²) in [5, 5.41) is 14.9. The molecule has 26 heavy (non-hydrogen) atoms. The quantitative estimate of drug-likeness (QED) is 0.246. The number of fused-ring (bicyclic) bond motifs is 5. The van der Waals surface area contributed by atoms with Gasteiger partial charge in [-0.15, -0.1) is 0 Å². The van der Waals surface area contributed by atoms with Gasteiger partial charge in [0.25, 0.3) is 0 Å². The Balaban J connectivity index is 1.62. The summed E-state index contributed by atoms with van der Waals surface area (Å²) in [7, 11) is 0. The molecule has 6 atom stereocenters. The van der Waals surface area contributed by atoms with E-state index in [-0.39, 0.29) is 10.8 Å². The number of allylic oxidation sites excluding steroid dienone is 1. The summed E-state index contributed by atoms with van der Waals surface area (Å²) < 4.78 is 5.27. The first kappa shape index (κ1) is 18.0. The number of hydrogen-bond donors (Lipinski definition) is 2. The summed E-state index contributed by atoms with van der Waals surface area (Å²) in [5.74, 6) is 5.95. The number of aliphatic hydroxyl groups is 1. The Morgan fingerprint density at radius 2 is 1.96 bits per heavy atom. The number of carbonyl (C=O) groups excluding carboxylic acids is 1. The Hall–Kier alpha value is -1.36. The van der Waals surface area contributed by atoms with Crippen LogP contribution in [0, 0.1) is 28.6 Å². The highest BCUT2D eigenvalue weighted by atomic mass is 16.7. The maximum Gasteiger partial charge on any atom is 0.305 e. The smallest absolute Gasteiger partial charge is 0.305 e. The normalized spacial score (nSPS) is 49.0. The first-order valence-electron chi connectivity index (χ1n) is 10.1. The molecule has 0 radical (unpaired) electrons. The number of nitrogens with two attached hydrogens (primary N) is 1. The minimum absolute atomic E-state index is 0.110. The van der Waals surface area contributed by atoms with E-state index in [1.165, 1.54) is 31.1 Å². The highest BCUT2D eigenvalue weighted by Crippen LogP contribution is 2.64. The highest BCUT2D eigenvalue weighted by molar-refractivity contribution is 5.92. The van der Waals surface area contributed by atoms with E-state index in [0.717, 1.165) is 25.7 Å². The molecular weight excluding hydrogens is 328 g/mol. The molecule has 0 aromatic rings. The predicted octanol–water partition coefficient (Wildman–Crippen LogP) is 3.52. The van der Waals surface area contributed by atoms with Crippen LogP contribution in [0.4, 0.5) is 0 Å². The fraction of sp³-hybridized carbons (Fsp3) is 0.810.